The summed E-state index contributed by atoms with van der Waals surface area (Å²) in [6, 6.07) is 4.13. The summed E-state index contributed by atoms with van der Waals surface area (Å²) in [5.41, 5.74) is 0.851. The lowest BCUT2D eigenvalue weighted by atomic mass is 10.1. The Balaban J connectivity index is 1.59. The first-order valence-corrected chi connectivity index (χ1v) is 8.80. The number of imide groups is 1. The van der Waals surface area contributed by atoms with E-state index in [9.17, 15) is 14.4 Å². The van der Waals surface area contributed by atoms with Crippen LogP contribution in [0, 0.1) is 0 Å². The molecule has 140 valence electrons. The van der Waals surface area contributed by atoms with Gasteiger partial charge in [0.25, 0.3) is 5.91 Å². The second kappa shape index (κ2) is 7.63. The summed E-state index contributed by atoms with van der Waals surface area (Å²) >= 11 is 0. The largest absolute Gasteiger partial charge is 0.486 e. The maximum atomic E-state index is 12.3. The minimum atomic E-state index is -0.532. The van der Waals surface area contributed by atoms with Gasteiger partial charge in [-0.3, -0.25) is 14.5 Å². The predicted molar refractivity (Wildman–Crippen MR) is 92.9 cm³/mol. The fourth-order valence-corrected chi connectivity index (χ4v) is 3.05. The third-order valence-electron chi connectivity index (χ3n) is 4.43. The average molecular weight is 361 g/mol. The lowest BCUT2D eigenvalue weighted by molar-refractivity contribution is -0.132. The van der Waals surface area contributed by atoms with Crippen molar-refractivity contribution in [3.05, 3.63) is 23.8 Å². The van der Waals surface area contributed by atoms with Crippen LogP contribution in [0.1, 0.15) is 38.3 Å². The van der Waals surface area contributed by atoms with Crippen molar-refractivity contribution in [2.75, 3.05) is 19.8 Å². The Hall–Kier alpha value is -2.77. The first-order valence-electron chi connectivity index (χ1n) is 8.80. The number of benzene rings is 1. The molecule has 2 heterocycles. The summed E-state index contributed by atoms with van der Waals surface area (Å²) in [7, 11) is 0. The van der Waals surface area contributed by atoms with Gasteiger partial charge in [-0.15, -0.1) is 0 Å². The Morgan fingerprint density at radius 3 is 2.77 bits per heavy atom. The van der Waals surface area contributed by atoms with Crippen molar-refractivity contribution in [2.45, 2.75) is 38.8 Å². The molecule has 4 amide bonds. The van der Waals surface area contributed by atoms with E-state index in [0.717, 1.165) is 16.9 Å². The summed E-state index contributed by atoms with van der Waals surface area (Å²) in [4.78, 5) is 37.3. The van der Waals surface area contributed by atoms with Gasteiger partial charge < -0.3 is 20.1 Å². The van der Waals surface area contributed by atoms with E-state index >= 15 is 0 Å². The Morgan fingerprint density at radius 1 is 1.31 bits per heavy atom. The molecule has 2 atom stereocenters. The first kappa shape index (κ1) is 18.0. The maximum Gasteiger partial charge on any atom is 0.325 e. The molecule has 1 aromatic carbocycles. The number of nitrogens with one attached hydrogen (secondary N) is 2. The molecular weight excluding hydrogens is 338 g/mol. The van der Waals surface area contributed by atoms with E-state index in [1.54, 1.807) is 6.07 Å². The number of rotatable bonds is 6. The normalized spacial score (nSPS) is 19.9. The van der Waals surface area contributed by atoms with Crippen LogP contribution in [0.2, 0.25) is 0 Å². The number of carbonyl (C=O) groups excluding carboxylic acids is 3. The van der Waals surface area contributed by atoms with Crippen LogP contribution >= 0.6 is 0 Å². The molecule has 2 unspecified atom stereocenters. The summed E-state index contributed by atoms with van der Waals surface area (Å²) in [5.74, 6) is 0.582. The highest BCUT2D eigenvalue weighted by Crippen LogP contribution is 2.32. The van der Waals surface area contributed by atoms with Crippen LogP contribution in [0.3, 0.4) is 0 Å². The molecule has 2 aliphatic heterocycles. The number of nitrogens with zero attached hydrogens (tertiary/aromatic N) is 1. The van der Waals surface area contributed by atoms with Crippen LogP contribution in [0.15, 0.2) is 18.2 Å². The Morgan fingerprint density at radius 2 is 2.04 bits per heavy atom. The second-order valence-corrected chi connectivity index (χ2v) is 6.41. The highest BCUT2D eigenvalue weighted by Gasteiger charge is 2.38. The van der Waals surface area contributed by atoms with Crippen molar-refractivity contribution < 1.29 is 23.9 Å². The van der Waals surface area contributed by atoms with E-state index in [4.69, 9.17) is 9.47 Å². The van der Waals surface area contributed by atoms with Crippen LogP contribution in [0.5, 0.6) is 11.5 Å². The van der Waals surface area contributed by atoms with Crippen molar-refractivity contribution in [1.29, 1.82) is 0 Å². The molecule has 0 bridgehead atoms. The summed E-state index contributed by atoms with van der Waals surface area (Å²) < 4.78 is 11.0. The van der Waals surface area contributed by atoms with E-state index in [2.05, 4.69) is 10.6 Å². The molecule has 0 saturated carbocycles. The molecule has 26 heavy (non-hydrogen) atoms. The fourth-order valence-electron chi connectivity index (χ4n) is 3.05. The summed E-state index contributed by atoms with van der Waals surface area (Å²) in [6.07, 6.45) is 1.34. The number of hydrogen-bond donors (Lipinski definition) is 2. The minimum absolute atomic E-state index is 0.292. The second-order valence-electron chi connectivity index (χ2n) is 6.41. The van der Waals surface area contributed by atoms with E-state index in [0.29, 0.717) is 31.1 Å². The smallest absolute Gasteiger partial charge is 0.325 e. The van der Waals surface area contributed by atoms with Crippen LogP contribution in [-0.4, -0.2) is 48.5 Å². The number of ether oxygens (including phenoxy) is 2. The van der Waals surface area contributed by atoms with Gasteiger partial charge in [-0.2, -0.15) is 0 Å². The zero-order valence-electron chi connectivity index (χ0n) is 14.9. The Labute approximate surface area is 151 Å². The van der Waals surface area contributed by atoms with Crippen LogP contribution in [-0.2, 0) is 9.59 Å². The number of urea groups is 1. The summed E-state index contributed by atoms with van der Waals surface area (Å²) in [6.45, 7) is 4.48. The van der Waals surface area contributed by atoms with Crippen molar-refractivity contribution in [3.8, 4) is 11.5 Å². The molecule has 0 aliphatic carbocycles. The zero-order valence-corrected chi connectivity index (χ0v) is 14.9. The Bertz CT molecular complexity index is 721. The van der Waals surface area contributed by atoms with E-state index < -0.39 is 18.0 Å². The van der Waals surface area contributed by atoms with Crippen molar-refractivity contribution in [3.63, 3.8) is 0 Å². The topological polar surface area (TPSA) is 97.0 Å². The number of amides is 4. The highest BCUT2D eigenvalue weighted by atomic mass is 16.6. The lowest BCUT2D eigenvalue weighted by Crippen LogP contribution is -2.41. The minimum Gasteiger partial charge on any atom is -0.486 e. The van der Waals surface area contributed by atoms with Gasteiger partial charge in [0.15, 0.2) is 11.5 Å². The van der Waals surface area contributed by atoms with Gasteiger partial charge in [-0.25, -0.2) is 4.79 Å². The van der Waals surface area contributed by atoms with Crippen LogP contribution < -0.4 is 20.1 Å². The molecule has 0 radical (unpaired) electrons. The quantitative estimate of drug-likeness (QED) is 0.746. The van der Waals surface area contributed by atoms with E-state index in [1.807, 2.05) is 26.0 Å². The number of hydrogen-bond acceptors (Lipinski definition) is 5. The molecule has 8 nitrogen and oxygen atoms in total. The van der Waals surface area contributed by atoms with E-state index in [-0.39, 0.29) is 18.5 Å². The van der Waals surface area contributed by atoms with Crippen LogP contribution in [0.4, 0.5) is 4.79 Å². The van der Waals surface area contributed by atoms with Gasteiger partial charge in [-0.1, -0.05) is 19.4 Å². The monoisotopic (exact) mass is 361 g/mol. The molecule has 2 aliphatic rings. The molecule has 0 spiro atoms. The van der Waals surface area contributed by atoms with Crippen LogP contribution in [0.25, 0.3) is 0 Å². The SMILES string of the molecule is CCCC1NC(=O)N(CC(=O)NC(C)c2ccc3c(c2)OCCO3)C1=O. The average Bonchev–Trinajstić information content (AvgIpc) is 2.89. The third-order valence-corrected chi connectivity index (χ3v) is 4.43. The van der Waals surface area contributed by atoms with Crippen molar-refractivity contribution >= 4 is 17.8 Å². The van der Waals surface area contributed by atoms with Gasteiger partial charge in [0.05, 0.1) is 6.04 Å². The maximum absolute atomic E-state index is 12.3. The van der Waals surface area contributed by atoms with Crippen molar-refractivity contribution in [2.24, 2.45) is 0 Å². The van der Waals surface area contributed by atoms with Gasteiger partial charge >= 0.3 is 6.03 Å². The summed E-state index contributed by atoms with van der Waals surface area (Å²) in [5, 5.41) is 5.41. The molecule has 1 fully saturated rings. The molecule has 2 N–H and O–H groups in total. The standard InChI is InChI=1S/C18H23N3O5/c1-3-4-13-17(23)21(18(24)20-13)10-16(22)19-11(2)12-5-6-14-15(9-12)26-8-7-25-14/h5-6,9,11,13H,3-4,7-8,10H2,1-2H3,(H,19,22)(H,20,24). The third kappa shape index (κ3) is 3.74. The molecule has 3 rings (SSSR count). The van der Waals surface area contributed by atoms with E-state index in [1.165, 1.54) is 0 Å². The van der Waals surface area contributed by atoms with Gasteiger partial charge in [0.2, 0.25) is 5.91 Å². The number of carbonyl (C=O) groups is 3. The molecular formula is C18H23N3O5. The first-order chi connectivity index (χ1) is 12.5. The Kier molecular flexibility index (Phi) is 5.29. The molecule has 0 aromatic heterocycles. The predicted octanol–water partition coefficient (Wildman–Crippen LogP) is 1.36. The molecule has 8 heteroatoms. The number of fused-ring (bicyclic) bond motifs is 1. The fraction of sp³-hybridized carbons (Fsp3) is 0.500. The van der Waals surface area contributed by atoms with Gasteiger partial charge in [0, 0.05) is 0 Å². The highest BCUT2D eigenvalue weighted by molar-refractivity contribution is 6.06. The zero-order chi connectivity index (χ0) is 18.7. The van der Waals surface area contributed by atoms with Crippen molar-refractivity contribution in [1.82, 2.24) is 15.5 Å². The molecule has 1 saturated heterocycles. The lowest BCUT2D eigenvalue weighted by Gasteiger charge is -2.21. The van der Waals surface area contributed by atoms with Gasteiger partial charge in [0.1, 0.15) is 25.8 Å². The molecule has 1 aromatic rings. The van der Waals surface area contributed by atoms with Gasteiger partial charge in [-0.05, 0) is 31.0 Å².